The Labute approximate surface area is 120 Å². The van der Waals surface area contributed by atoms with Gasteiger partial charge in [0.25, 0.3) is 5.91 Å². The normalized spacial score (nSPS) is 10.6. The molecule has 0 aliphatic heterocycles. The first-order chi connectivity index (χ1) is 9.99. The van der Waals surface area contributed by atoms with Crippen molar-refractivity contribution in [3.8, 4) is 0 Å². The van der Waals surface area contributed by atoms with E-state index in [9.17, 15) is 14.9 Å². The zero-order valence-electron chi connectivity index (χ0n) is 11.8. The van der Waals surface area contributed by atoms with Gasteiger partial charge in [0.05, 0.1) is 18.0 Å². The number of nitrogens with zero attached hydrogens (tertiary/aromatic N) is 5. The van der Waals surface area contributed by atoms with E-state index in [4.69, 9.17) is 0 Å². The Morgan fingerprint density at radius 2 is 2.29 bits per heavy atom. The minimum Gasteiger partial charge on any atom is -0.358 e. The summed E-state index contributed by atoms with van der Waals surface area (Å²) in [5.41, 5.74) is 1.37. The van der Waals surface area contributed by atoms with Gasteiger partial charge < -0.3 is 15.4 Å². The summed E-state index contributed by atoms with van der Waals surface area (Å²) in [6.45, 7) is 4.50. The van der Waals surface area contributed by atoms with Gasteiger partial charge in [-0.1, -0.05) is 5.10 Å². The summed E-state index contributed by atoms with van der Waals surface area (Å²) in [5.74, 6) is -0.535. The number of rotatable bonds is 6. The van der Waals surface area contributed by atoms with Crippen molar-refractivity contribution in [3.05, 3.63) is 39.8 Å². The zero-order valence-corrected chi connectivity index (χ0v) is 11.8. The van der Waals surface area contributed by atoms with Gasteiger partial charge in [0, 0.05) is 24.8 Å². The monoisotopic (exact) mass is 292 g/mol. The molecule has 1 N–H and O–H groups in total. The van der Waals surface area contributed by atoms with Crippen LogP contribution in [0.3, 0.4) is 0 Å². The van der Waals surface area contributed by atoms with E-state index in [1.165, 1.54) is 6.07 Å². The highest BCUT2D eigenvalue weighted by atomic mass is 16.6. The molecule has 0 spiro atoms. The zero-order chi connectivity index (χ0) is 15.4. The van der Waals surface area contributed by atoms with Gasteiger partial charge in [0.15, 0.2) is 6.54 Å². The summed E-state index contributed by atoms with van der Waals surface area (Å²) < 4.78 is 2.84. The molecule has 0 saturated heterocycles. The molecular formula is C12H16N6O3. The van der Waals surface area contributed by atoms with Gasteiger partial charge in [0.2, 0.25) is 0 Å². The van der Waals surface area contributed by atoms with Crippen molar-refractivity contribution in [1.29, 1.82) is 0 Å². The molecule has 0 radical (unpaired) electrons. The lowest BCUT2D eigenvalue weighted by Gasteiger charge is -2.02. The lowest BCUT2D eigenvalue weighted by Crippen LogP contribution is -2.27. The summed E-state index contributed by atoms with van der Waals surface area (Å²) in [6.07, 6.45) is 3.51. The largest absolute Gasteiger partial charge is 0.358 e. The van der Waals surface area contributed by atoms with Crippen LogP contribution in [-0.4, -0.2) is 30.4 Å². The van der Waals surface area contributed by atoms with Crippen molar-refractivity contribution >= 4 is 11.7 Å². The van der Waals surface area contributed by atoms with Crippen LogP contribution in [0.5, 0.6) is 0 Å². The van der Waals surface area contributed by atoms with Gasteiger partial charge in [0.1, 0.15) is 0 Å². The average molecular weight is 292 g/mol. The SMILES string of the molecule is CCn1cc(CNC(=O)Cn2nc(C)cc2[N+](=O)[O-])cn1. The number of carbonyl (C=O) groups is 1. The molecule has 0 unspecified atom stereocenters. The maximum atomic E-state index is 11.8. The molecule has 9 nitrogen and oxygen atoms in total. The molecule has 2 heterocycles. The fourth-order valence-corrected chi connectivity index (χ4v) is 1.86. The van der Waals surface area contributed by atoms with E-state index < -0.39 is 4.92 Å². The second-order valence-electron chi connectivity index (χ2n) is 4.54. The first-order valence-corrected chi connectivity index (χ1v) is 6.46. The van der Waals surface area contributed by atoms with Crippen LogP contribution in [0.2, 0.25) is 0 Å². The fourth-order valence-electron chi connectivity index (χ4n) is 1.86. The summed E-state index contributed by atoms with van der Waals surface area (Å²) in [5, 5.41) is 21.6. The van der Waals surface area contributed by atoms with Crippen molar-refractivity contribution in [2.24, 2.45) is 0 Å². The predicted molar refractivity (Wildman–Crippen MR) is 73.4 cm³/mol. The van der Waals surface area contributed by atoms with Crippen LogP contribution in [0.4, 0.5) is 5.82 Å². The smallest absolute Gasteiger partial charge is 0.345 e. The number of aryl methyl sites for hydroxylation is 2. The van der Waals surface area contributed by atoms with Crippen LogP contribution in [0, 0.1) is 17.0 Å². The third-order valence-electron chi connectivity index (χ3n) is 2.86. The lowest BCUT2D eigenvalue weighted by molar-refractivity contribution is -0.392. The molecule has 21 heavy (non-hydrogen) atoms. The van der Waals surface area contributed by atoms with E-state index in [-0.39, 0.29) is 18.3 Å². The lowest BCUT2D eigenvalue weighted by atomic mass is 10.3. The van der Waals surface area contributed by atoms with E-state index in [0.29, 0.717) is 12.2 Å². The molecular weight excluding hydrogens is 276 g/mol. The van der Waals surface area contributed by atoms with Crippen molar-refractivity contribution in [2.45, 2.75) is 33.5 Å². The molecule has 2 rings (SSSR count). The van der Waals surface area contributed by atoms with Crippen LogP contribution in [0.25, 0.3) is 0 Å². The molecule has 0 aliphatic rings. The summed E-state index contributed by atoms with van der Waals surface area (Å²) in [6, 6.07) is 1.33. The molecule has 0 bridgehead atoms. The summed E-state index contributed by atoms with van der Waals surface area (Å²) in [4.78, 5) is 22.1. The Balaban J connectivity index is 1.94. The van der Waals surface area contributed by atoms with E-state index in [2.05, 4.69) is 15.5 Å². The molecule has 0 aliphatic carbocycles. The molecule has 0 saturated carbocycles. The van der Waals surface area contributed by atoms with E-state index >= 15 is 0 Å². The quantitative estimate of drug-likeness (QED) is 0.620. The van der Waals surface area contributed by atoms with Crippen LogP contribution in [-0.2, 0) is 24.4 Å². The molecule has 0 fully saturated rings. The Kier molecular flexibility index (Phi) is 4.31. The number of hydrogen-bond acceptors (Lipinski definition) is 5. The van der Waals surface area contributed by atoms with Gasteiger partial charge in [-0.15, -0.1) is 4.68 Å². The highest BCUT2D eigenvalue weighted by Crippen LogP contribution is 2.12. The number of amides is 1. The van der Waals surface area contributed by atoms with Gasteiger partial charge in [-0.3, -0.25) is 9.48 Å². The average Bonchev–Trinajstić information content (AvgIpc) is 3.03. The van der Waals surface area contributed by atoms with Gasteiger partial charge in [-0.25, -0.2) is 0 Å². The van der Waals surface area contributed by atoms with Crippen molar-refractivity contribution < 1.29 is 9.72 Å². The van der Waals surface area contributed by atoms with Crippen LogP contribution < -0.4 is 5.32 Å². The molecule has 2 aromatic rings. The number of carbonyl (C=O) groups excluding carboxylic acids is 1. The minimum absolute atomic E-state index is 0.188. The van der Waals surface area contributed by atoms with Gasteiger partial charge in [-0.05, 0) is 18.8 Å². The van der Waals surface area contributed by atoms with Crippen LogP contribution in [0.1, 0.15) is 18.2 Å². The number of aromatic nitrogens is 4. The second-order valence-corrected chi connectivity index (χ2v) is 4.54. The maximum absolute atomic E-state index is 11.8. The van der Waals surface area contributed by atoms with E-state index in [1.807, 2.05) is 13.1 Å². The number of nitro groups is 1. The molecule has 1 amide bonds. The van der Waals surface area contributed by atoms with Crippen molar-refractivity contribution in [3.63, 3.8) is 0 Å². The highest BCUT2D eigenvalue weighted by molar-refractivity contribution is 5.75. The van der Waals surface area contributed by atoms with Crippen molar-refractivity contribution in [1.82, 2.24) is 24.9 Å². The molecule has 112 valence electrons. The number of nitrogens with one attached hydrogen (secondary N) is 1. The first kappa shape index (κ1) is 14.7. The van der Waals surface area contributed by atoms with E-state index in [0.717, 1.165) is 16.8 Å². The predicted octanol–water partition coefficient (Wildman–Crippen LogP) is 0.633. The maximum Gasteiger partial charge on any atom is 0.345 e. The summed E-state index contributed by atoms with van der Waals surface area (Å²) >= 11 is 0. The standard InChI is InChI=1S/C12H16N6O3/c1-3-16-7-10(6-14-16)5-13-11(19)8-17-12(18(20)21)4-9(2)15-17/h4,6-7H,3,5,8H2,1-2H3,(H,13,19). The topological polar surface area (TPSA) is 108 Å². The van der Waals surface area contributed by atoms with Gasteiger partial charge >= 0.3 is 5.82 Å². The minimum atomic E-state index is -0.557. The Morgan fingerprint density at radius 3 is 2.90 bits per heavy atom. The van der Waals surface area contributed by atoms with Gasteiger partial charge in [-0.2, -0.15) is 5.10 Å². The first-order valence-electron chi connectivity index (χ1n) is 6.46. The number of hydrogen-bond donors (Lipinski definition) is 1. The highest BCUT2D eigenvalue weighted by Gasteiger charge is 2.19. The Bertz CT molecular complexity index is 660. The molecule has 9 heteroatoms. The third-order valence-corrected chi connectivity index (χ3v) is 2.86. The molecule has 0 atom stereocenters. The summed E-state index contributed by atoms with van der Waals surface area (Å²) in [7, 11) is 0. The third kappa shape index (κ3) is 3.65. The van der Waals surface area contributed by atoms with Crippen molar-refractivity contribution in [2.75, 3.05) is 0 Å². The second kappa shape index (κ2) is 6.16. The Morgan fingerprint density at radius 1 is 1.52 bits per heavy atom. The van der Waals surface area contributed by atoms with Crippen LogP contribution >= 0.6 is 0 Å². The Hall–Kier alpha value is -2.71. The fraction of sp³-hybridized carbons (Fsp3) is 0.417. The molecule has 2 aromatic heterocycles. The van der Waals surface area contributed by atoms with Crippen LogP contribution in [0.15, 0.2) is 18.5 Å². The van der Waals surface area contributed by atoms with E-state index in [1.54, 1.807) is 17.8 Å². The molecule has 0 aromatic carbocycles.